The van der Waals surface area contributed by atoms with Gasteiger partial charge in [0.25, 0.3) is 0 Å². The lowest BCUT2D eigenvalue weighted by Crippen LogP contribution is -2.44. The van der Waals surface area contributed by atoms with Gasteiger partial charge < -0.3 is 31.2 Å². The van der Waals surface area contributed by atoms with Gasteiger partial charge in [-0.15, -0.1) is 5.10 Å². The van der Waals surface area contributed by atoms with E-state index in [-0.39, 0.29) is 17.6 Å². The third-order valence-corrected chi connectivity index (χ3v) is 6.14. The van der Waals surface area contributed by atoms with Crippen LogP contribution in [0.5, 0.6) is 11.8 Å². The molecule has 1 aliphatic rings. The number of nitrogen functional groups attached to an aromatic ring is 1. The standard InChI is InChI=1S/C24H31N7O2/c1-3-4-5-20(25)18-14-19(22(32)15-21(18)26)23-27-28-24(33)31(23)17-8-6-16(7-9-17)30-12-10-29(2)11-13-30/h6-9,14-15,25,32H,3-5,10-13,26H2,1-2H3,(H,28,33). The molecule has 5 N–H and O–H groups in total. The molecule has 0 radical (unpaired) electrons. The van der Waals surface area contributed by atoms with Crippen LogP contribution in [0.1, 0.15) is 31.7 Å². The van der Waals surface area contributed by atoms with Gasteiger partial charge in [-0.1, -0.05) is 18.4 Å². The van der Waals surface area contributed by atoms with Crippen LogP contribution in [-0.2, 0) is 0 Å². The molecular weight excluding hydrogens is 418 g/mol. The summed E-state index contributed by atoms with van der Waals surface area (Å²) in [5.74, 6) is 0.198. The van der Waals surface area contributed by atoms with Gasteiger partial charge in [0.15, 0.2) is 5.82 Å². The Bertz CT molecular complexity index is 1130. The highest BCUT2D eigenvalue weighted by atomic mass is 16.3. The van der Waals surface area contributed by atoms with Crippen molar-refractivity contribution in [3.05, 3.63) is 42.0 Å². The SMILES string of the molecule is CCCCC(=N)c1cc(-c2nnc(O)n2-c2ccc(N3CCN(C)CC3)cc2)c(O)cc1N. The maximum absolute atomic E-state index is 10.6. The van der Waals surface area contributed by atoms with E-state index in [0.29, 0.717) is 34.6 Å². The molecule has 1 aromatic heterocycles. The highest BCUT2D eigenvalue weighted by Crippen LogP contribution is 2.36. The Balaban J connectivity index is 1.68. The fourth-order valence-electron chi connectivity index (χ4n) is 4.10. The molecule has 0 amide bonds. The largest absolute Gasteiger partial charge is 0.507 e. The van der Waals surface area contributed by atoms with Crippen molar-refractivity contribution in [2.24, 2.45) is 0 Å². The summed E-state index contributed by atoms with van der Waals surface area (Å²) >= 11 is 0. The minimum Gasteiger partial charge on any atom is -0.507 e. The predicted molar refractivity (Wildman–Crippen MR) is 131 cm³/mol. The van der Waals surface area contributed by atoms with Crippen molar-refractivity contribution in [2.45, 2.75) is 26.2 Å². The molecule has 9 nitrogen and oxygen atoms in total. The quantitative estimate of drug-likeness (QED) is 0.322. The number of piperazine rings is 1. The summed E-state index contributed by atoms with van der Waals surface area (Å²) in [6, 6.07) is 10.6. The van der Waals surface area contributed by atoms with Gasteiger partial charge in [0, 0.05) is 54.9 Å². The van der Waals surface area contributed by atoms with Gasteiger partial charge in [-0.2, -0.15) is 0 Å². The molecule has 4 rings (SSSR count). The zero-order valence-corrected chi connectivity index (χ0v) is 19.1. The van der Waals surface area contributed by atoms with Crippen LogP contribution < -0.4 is 10.6 Å². The number of nitrogens with two attached hydrogens (primary N) is 1. The zero-order valence-electron chi connectivity index (χ0n) is 19.1. The molecule has 1 saturated heterocycles. The first kappa shape index (κ1) is 22.6. The Kier molecular flexibility index (Phi) is 6.50. The molecule has 3 aromatic rings. The lowest BCUT2D eigenvalue weighted by atomic mass is 9.99. The number of phenolic OH excluding ortho intramolecular Hbond substituents is 1. The van der Waals surface area contributed by atoms with Crippen LogP contribution in [0.25, 0.3) is 17.1 Å². The first-order valence-corrected chi connectivity index (χ1v) is 11.3. The number of unbranched alkanes of at least 4 members (excludes halogenated alkanes) is 1. The van der Waals surface area contributed by atoms with Gasteiger partial charge in [-0.25, -0.2) is 4.57 Å². The van der Waals surface area contributed by atoms with Gasteiger partial charge in [0.05, 0.1) is 11.3 Å². The number of phenols is 1. The summed E-state index contributed by atoms with van der Waals surface area (Å²) < 4.78 is 1.48. The van der Waals surface area contributed by atoms with Crippen molar-refractivity contribution in [1.29, 1.82) is 5.41 Å². The van der Waals surface area contributed by atoms with E-state index in [1.54, 1.807) is 6.07 Å². The van der Waals surface area contributed by atoms with Crippen LogP contribution in [-0.4, -0.2) is 68.8 Å². The molecule has 0 aliphatic carbocycles. The van der Waals surface area contributed by atoms with Crippen molar-refractivity contribution < 1.29 is 10.2 Å². The van der Waals surface area contributed by atoms with Crippen LogP contribution in [0.4, 0.5) is 11.4 Å². The molecule has 2 heterocycles. The molecule has 9 heteroatoms. The highest BCUT2D eigenvalue weighted by Gasteiger charge is 2.21. The van der Waals surface area contributed by atoms with Crippen molar-refractivity contribution in [1.82, 2.24) is 19.7 Å². The number of likely N-dealkylation sites (N-methyl/N-ethyl adjacent to an activating group) is 1. The molecule has 0 atom stereocenters. The van der Waals surface area contributed by atoms with Crippen molar-refractivity contribution in [3.63, 3.8) is 0 Å². The molecule has 1 fully saturated rings. The normalized spacial score (nSPS) is 14.5. The lowest BCUT2D eigenvalue weighted by Gasteiger charge is -2.34. The summed E-state index contributed by atoms with van der Waals surface area (Å²) in [6.07, 6.45) is 2.45. The Morgan fingerprint density at radius 2 is 1.70 bits per heavy atom. The average molecular weight is 450 g/mol. The van der Waals surface area contributed by atoms with E-state index in [0.717, 1.165) is 44.7 Å². The number of nitrogens with one attached hydrogen (secondary N) is 1. The molecule has 0 unspecified atom stereocenters. The maximum atomic E-state index is 10.6. The summed E-state index contributed by atoms with van der Waals surface area (Å²) in [6.45, 7) is 6.03. The fourth-order valence-corrected chi connectivity index (χ4v) is 4.10. The van der Waals surface area contributed by atoms with E-state index < -0.39 is 0 Å². The van der Waals surface area contributed by atoms with Gasteiger partial charge in [-0.3, -0.25) is 0 Å². The number of rotatable bonds is 7. The van der Waals surface area contributed by atoms with Gasteiger partial charge >= 0.3 is 6.01 Å². The Hall–Kier alpha value is -3.59. The molecule has 0 spiro atoms. The monoisotopic (exact) mass is 449 g/mol. The predicted octanol–water partition coefficient (Wildman–Crippen LogP) is 3.24. The third kappa shape index (κ3) is 4.63. The third-order valence-electron chi connectivity index (χ3n) is 6.14. The lowest BCUT2D eigenvalue weighted by molar-refractivity contribution is 0.313. The summed E-state index contributed by atoms with van der Waals surface area (Å²) in [5.41, 5.74) is 9.53. The summed E-state index contributed by atoms with van der Waals surface area (Å²) in [7, 11) is 2.13. The van der Waals surface area contributed by atoms with E-state index in [2.05, 4.69) is 34.0 Å². The first-order chi connectivity index (χ1) is 15.9. The van der Waals surface area contributed by atoms with Gasteiger partial charge in [0.1, 0.15) is 5.75 Å². The van der Waals surface area contributed by atoms with Crippen LogP contribution in [0.3, 0.4) is 0 Å². The number of nitrogens with zero attached hydrogens (tertiary/aromatic N) is 5. The molecule has 33 heavy (non-hydrogen) atoms. The molecule has 0 saturated carbocycles. The maximum Gasteiger partial charge on any atom is 0.319 e. The second-order valence-electron chi connectivity index (χ2n) is 8.50. The number of aromatic nitrogens is 3. The number of anilines is 2. The van der Waals surface area contributed by atoms with Crippen LogP contribution in [0, 0.1) is 5.41 Å². The number of benzene rings is 2. The number of hydrogen-bond donors (Lipinski definition) is 4. The Morgan fingerprint density at radius 3 is 2.36 bits per heavy atom. The number of aromatic hydroxyl groups is 2. The van der Waals surface area contributed by atoms with Gasteiger partial charge in [-0.05, 0) is 50.2 Å². The highest BCUT2D eigenvalue weighted by molar-refractivity contribution is 6.04. The molecular formula is C24H31N7O2. The topological polar surface area (TPSA) is 128 Å². The summed E-state index contributed by atoms with van der Waals surface area (Å²) in [4.78, 5) is 4.64. The fraction of sp³-hybridized carbons (Fsp3) is 0.375. The molecule has 0 bridgehead atoms. The van der Waals surface area contributed by atoms with Crippen LogP contribution in [0.15, 0.2) is 36.4 Å². The molecule has 2 aromatic carbocycles. The minimum absolute atomic E-state index is 0.0813. The second-order valence-corrected chi connectivity index (χ2v) is 8.50. The average Bonchev–Trinajstić information content (AvgIpc) is 3.19. The van der Waals surface area contributed by atoms with E-state index in [9.17, 15) is 10.2 Å². The zero-order chi connectivity index (χ0) is 23.5. The van der Waals surface area contributed by atoms with Crippen LogP contribution >= 0.6 is 0 Å². The Labute approximate surface area is 193 Å². The second kappa shape index (κ2) is 9.50. The van der Waals surface area contributed by atoms with E-state index in [1.165, 1.54) is 10.6 Å². The number of hydrogen-bond acceptors (Lipinski definition) is 8. The smallest absolute Gasteiger partial charge is 0.319 e. The van der Waals surface area contributed by atoms with E-state index in [4.69, 9.17) is 11.1 Å². The van der Waals surface area contributed by atoms with Crippen LogP contribution in [0.2, 0.25) is 0 Å². The van der Waals surface area contributed by atoms with Crippen molar-refractivity contribution in [3.8, 4) is 28.8 Å². The van der Waals surface area contributed by atoms with E-state index >= 15 is 0 Å². The molecule has 174 valence electrons. The van der Waals surface area contributed by atoms with Crippen molar-refractivity contribution in [2.75, 3.05) is 43.9 Å². The molecule has 1 aliphatic heterocycles. The van der Waals surface area contributed by atoms with Gasteiger partial charge in [0.2, 0.25) is 0 Å². The Morgan fingerprint density at radius 1 is 1.03 bits per heavy atom. The van der Waals surface area contributed by atoms with E-state index in [1.807, 2.05) is 24.3 Å². The minimum atomic E-state index is -0.281. The van der Waals surface area contributed by atoms with Crippen molar-refractivity contribution >= 4 is 17.1 Å². The summed E-state index contributed by atoms with van der Waals surface area (Å²) in [5, 5.41) is 37.4. The first-order valence-electron chi connectivity index (χ1n) is 11.3.